The number of aromatic nitrogens is 1. The zero-order chi connectivity index (χ0) is 24.8. The van der Waals surface area contributed by atoms with Crippen LogP contribution in [0.4, 0.5) is 0 Å². The summed E-state index contributed by atoms with van der Waals surface area (Å²) in [5.41, 5.74) is 0. The predicted molar refractivity (Wildman–Crippen MR) is 141 cm³/mol. The van der Waals surface area contributed by atoms with Crippen molar-refractivity contribution in [2.45, 2.75) is 13.0 Å². The summed E-state index contributed by atoms with van der Waals surface area (Å²) in [6, 6.07) is 31.8. The third-order valence-corrected chi connectivity index (χ3v) is 10.4. The SMILES string of the molecule is COC(=O)C(/C(=C(\O)C(C)=O)[P+](c1ccccc1)(c1ccccc1)c1ccccc1)n1cccc1. The molecule has 1 atom stereocenters. The number of benzene rings is 3. The molecular formula is C29H27NO4P+. The molecule has 3 aromatic carbocycles. The molecule has 6 heteroatoms. The molecule has 0 aliphatic rings. The van der Waals surface area contributed by atoms with Gasteiger partial charge in [-0.2, -0.15) is 0 Å². The van der Waals surface area contributed by atoms with Crippen molar-refractivity contribution >= 4 is 34.9 Å². The van der Waals surface area contributed by atoms with Crippen molar-refractivity contribution < 1.29 is 19.4 Å². The Morgan fingerprint density at radius 3 is 1.49 bits per heavy atom. The Kier molecular flexibility index (Phi) is 7.28. The lowest BCUT2D eigenvalue weighted by Crippen LogP contribution is -2.38. The minimum atomic E-state index is -2.95. The third-order valence-electron chi connectivity index (χ3n) is 5.98. The van der Waals surface area contributed by atoms with Gasteiger partial charge in [-0.15, -0.1) is 0 Å². The largest absolute Gasteiger partial charge is 0.502 e. The van der Waals surface area contributed by atoms with Crippen LogP contribution in [0.2, 0.25) is 0 Å². The summed E-state index contributed by atoms with van der Waals surface area (Å²) in [5, 5.41) is 14.6. The number of methoxy groups -OCH3 is 1. The van der Waals surface area contributed by atoms with Crippen LogP contribution >= 0.6 is 7.26 Å². The van der Waals surface area contributed by atoms with Gasteiger partial charge in [0.1, 0.15) is 23.2 Å². The maximum Gasteiger partial charge on any atom is 0.337 e. The van der Waals surface area contributed by atoms with Gasteiger partial charge >= 0.3 is 5.97 Å². The third kappa shape index (κ3) is 4.43. The van der Waals surface area contributed by atoms with E-state index in [0.717, 1.165) is 15.9 Å². The molecule has 0 spiro atoms. The van der Waals surface area contributed by atoms with Crippen LogP contribution in [-0.4, -0.2) is 28.5 Å². The van der Waals surface area contributed by atoms with Gasteiger partial charge in [0.05, 0.1) is 7.11 Å². The first-order valence-corrected chi connectivity index (χ1v) is 13.0. The summed E-state index contributed by atoms with van der Waals surface area (Å²) in [5.74, 6) is -1.52. The monoisotopic (exact) mass is 484 g/mol. The van der Waals surface area contributed by atoms with Crippen molar-refractivity contribution in [3.8, 4) is 0 Å². The number of hydrogen-bond donors (Lipinski definition) is 1. The van der Waals surface area contributed by atoms with Crippen LogP contribution in [0, 0.1) is 0 Å². The lowest BCUT2D eigenvalue weighted by atomic mass is 10.2. The molecule has 0 radical (unpaired) electrons. The smallest absolute Gasteiger partial charge is 0.337 e. The predicted octanol–water partition coefficient (Wildman–Crippen LogP) is 4.55. The van der Waals surface area contributed by atoms with E-state index in [9.17, 15) is 14.7 Å². The highest BCUT2D eigenvalue weighted by atomic mass is 31.2. The second-order valence-electron chi connectivity index (χ2n) is 8.02. The average molecular weight is 485 g/mol. The van der Waals surface area contributed by atoms with Crippen LogP contribution in [0.1, 0.15) is 13.0 Å². The summed E-state index contributed by atoms with van der Waals surface area (Å²) in [6.07, 6.45) is 3.48. The standard InChI is InChI=1S/C29H26NO4P/c1-22(31)27(32)28(26(29(33)34-2)30-20-12-13-21-30)35(23-14-6-3-7-15-23,24-16-8-4-9-17-24)25-18-10-5-11-19-25/h3-21,26H,1-2H3/p+1/b28-27+. The van der Waals surface area contributed by atoms with Gasteiger partial charge in [-0.1, -0.05) is 54.6 Å². The number of nitrogens with zero attached hydrogens (tertiary/aromatic N) is 1. The molecule has 0 bridgehead atoms. The van der Waals surface area contributed by atoms with Crippen LogP contribution in [0.5, 0.6) is 0 Å². The van der Waals surface area contributed by atoms with Gasteiger partial charge in [-0.25, -0.2) is 4.79 Å². The van der Waals surface area contributed by atoms with Crippen molar-refractivity contribution in [3.05, 3.63) is 127 Å². The number of esters is 1. The minimum Gasteiger partial charge on any atom is -0.502 e. The Bertz CT molecular complexity index is 1220. The molecule has 1 heterocycles. The first kappa shape index (κ1) is 24.2. The molecule has 1 N–H and O–H groups in total. The van der Waals surface area contributed by atoms with E-state index in [4.69, 9.17) is 4.74 Å². The summed E-state index contributed by atoms with van der Waals surface area (Å²) < 4.78 is 6.94. The quantitative estimate of drug-likeness (QED) is 0.172. The zero-order valence-corrected chi connectivity index (χ0v) is 20.5. The molecule has 35 heavy (non-hydrogen) atoms. The highest BCUT2D eigenvalue weighted by Gasteiger charge is 2.56. The molecule has 0 aliphatic carbocycles. The zero-order valence-electron chi connectivity index (χ0n) is 19.6. The van der Waals surface area contributed by atoms with E-state index in [-0.39, 0.29) is 0 Å². The summed E-state index contributed by atoms with van der Waals surface area (Å²) in [7, 11) is -1.64. The Hall–Kier alpha value is -3.95. The Morgan fingerprint density at radius 1 is 0.743 bits per heavy atom. The Labute approximate surface area is 205 Å². The molecular weight excluding hydrogens is 457 g/mol. The van der Waals surface area contributed by atoms with E-state index in [1.807, 2.05) is 91.0 Å². The van der Waals surface area contributed by atoms with Crippen molar-refractivity contribution in [3.63, 3.8) is 0 Å². The van der Waals surface area contributed by atoms with E-state index in [1.54, 1.807) is 29.1 Å². The molecule has 0 saturated heterocycles. The van der Waals surface area contributed by atoms with Gasteiger partial charge < -0.3 is 14.4 Å². The van der Waals surface area contributed by atoms with E-state index in [2.05, 4.69) is 0 Å². The van der Waals surface area contributed by atoms with Gasteiger partial charge in [0.2, 0.25) is 5.76 Å². The van der Waals surface area contributed by atoms with Crippen molar-refractivity contribution in [2.24, 2.45) is 0 Å². The first-order valence-electron chi connectivity index (χ1n) is 11.2. The molecule has 176 valence electrons. The van der Waals surface area contributed by atoms with E-state index < -0.39 is 30.8 Å². The molecule has 0 saturated carbocycles. The fraction of sp³-hybridized carbons (Fsp3) is 0.103. The number of carbonyl (C=O) groups excluding carboxylic acids is 2. The normalized spacial score (nSPS) is 13.0. The molecule has 0 aliphatic heterocycles. The maximum atomic E-state index is 13.4. The number of allylic oxidation sites excluding steroid dienone is 1. The van der Waals surface area contributed by atoms with E-state index in [1.165, 1.54) is 14.0 Å². The van der Waals surface area contributed by atoms with Gasteiger partial charge in [-0.05, 0) is 48.5 Å². The Morgan fingerprint density at radius 2 is 1.14 bits per heavy atom. The second-order valence-corrected chi connectivity index (χ2v) is 11.4. The molecule has 1 aromatic heterocycles. The van der Waals surface area contributed by atoms with Crippen LogP contribution in [0.15, 0.2) is 127 Å². The lowest BCUT2D eigenvalue weighted by molar-refractivity contribution is -0.143. The van der Waals surface area contributed by atoms with Crippen LogP contribution in [0.25, 0.3) is 0 Å². The topological polar surface area (TPSA) is 68.5 Å². The molecule has 1 unspecified atom stereocenters. The fourth-order valence-corrected chi connectivity index (χ4v) is 9.15. The van der Waals surface area contributed by atoms with Gasteiger partial charge in [0.25, 0.3) is 0 Å². The maximum absolute atomic E-state index is 13.4. The van der Waals surface area contributed by atoms with Crippen LogP contribution < -0.4 is 15.9 Å². The number of ketones is 1. The molecule has 4 aromatic rings. The van der Waals surface area contributed by atoms with Crippen LogP contribution in [0.3, 0.4) is 0 Å². The number of rotatable bonds is 8. The van der Waals surface area contributed by atoms with Gasteiger partial charge in [0, 0.05) is 19.3 Å². The summed E-state index contributed by atoms with van der Waals surface area (Å²) in [6.45, 7) is 1.31. The van der Waals surface area contributed by atoms with Crippen molar-refractivity contribution in [2.75, 3.05) is 7.11 Å². The number of carbonyl (C=O) groups is 2. The van der Waals surface area contributed by atoms with Crippen molar-refractivity contribution in [1.29, 1.82) is 0 Å². The molecule has 0 fully saturated rings. The number of hydrogen-bond acceptors (Lipinski definition) is 4. The number of Topliss-reactive ketones (excluding diaryl/α,β-unsaturated/α-hetero) is 1. The average Bonchev–Trinajstić information content (AvgIpc) is 3.44. The second kappa shape index (κ2) is 10.5. The van der Waals surface area contributed by atoms with E-state index in [0.29, 0.717) is 5.31 Å². The lowest BCUT2D eigenvalue weighted by Gasteiger charge is -2.33. The summed E-state index contributed by atoms with van der Waals surface area (Å²) in [4.78, 5) is 26.3. The van der Waals surface area contributed by atoms with E-state index >= 15 is 0 Å². The van der Waals surface area contributed by atoms with Gasteiger partial charge in [-0.3, -0.25) is 4.79 Å². The first-order chi connectivity index (χ1) is 17.0. The highest BCUT2D eigenvalue weighted by molar-refractivity contribution is 7.99. The molecule has 5 nitrogen and oxygen atoms in total. The van der Waals surface area contributed by atoms with Gasteiger partial charge in [0.15, 0.2) is 17.1 Å². The number of ether oxygens (including phenoxy) is 1. The fourth-order valence-electron chi connectivity index (χ4n) is 4.48. The molecule has 4 rings (SSSR count). The van der Waals surface area contributed by atoms with Crippen LogP contribution in [-0.2, 0) is 14.3 Å². The highest BCUT2D eigenvalue weighted by Crippen LogP contribution is 2.66. The number of aliphatic hydroxyl groups excluding tert-OH is 1. The summed E-state index contributed by atoms with van der Waals surface area (Å²) >= 11 is 0. The molecule has 0 amide bonds. The Balaban J connectivity index is 2.25. The van der Waals surface area contributed by atoms with Crippen molar-refractivity contribution in [1.82, 2.24) is 4.57 Å². The minimum absolute atomic E-state index is 0.330. The number of aliphatic hydroxyl groups is 1.